The van der Waals surface area contributed by atoms with Gasteiger partial charge < -0.3 is 20.9 Å². The quantitative estimate of drug-likeness (QED) is 0.403. The largest absolute Gasteiger partial charge is 0.381 e. The first-order valence-electron chi connectivity index (χ1n) is 9.63. The van der Waals surface area contributed by atoms with Crippen LogP contribution in [0.25, 0.3) is 5.65 Å². The SMILES string of the molecule is Nc1nn2ccc(N3CCCC3c3cc(F)c[nH]c3=O)nc2c1C(=O)NCCCCl. The molecular weight excluding hydrogens is 413 g/mol. The van der Waals surface area contributed by atoms with Crippen molar-refractivity contribution in [1.82, 2.24) is 24.9 Å². The fourth-order valence-corrected chi connectivity index (χ4v) is 3.89. The lowest BCUT2D eigenvalue weighted by atomic mass is 10.1. The van der Waals surface area contributed by atoms with Crippen LogP contribution in [-0.4, -0.2) is 44.5 Å². The van der Waals surface area contributed by atoms with Crippen molar-refractivity contribution in [3.63, 3.8) is 0 Å². The smallest absolute Gasteiger partial charge is 0.258 e. The van der Waals surface area contributed by atoms with Crippen LogP contribution >= 0.6 is 11.6 Å². The van der Waals surface area contributed by atoms with E-state index in [2.05, 4.69) is 20.4 Å². The number of alkyl halides is 1. The second-order valence-electron chi connectivity index (χ2n) is 7.07. The summed E-state index contributed by atoms with van der Waals surface area (Å²) in [7, 11) is 0. The second kappa shape index (κ2) is 8.31. The molecule has 11 heteroatoms. The first-order valence-corrected chi connectivity index (χ1v) is 10.2. The maximum absolute atomic E-state index is 13.7. The van der Waals surface area contributed by atoms with Crippen LogP contribution in [0.1, 0.15) is 41.2 Å². The van der Waals surface area contributed by atoms with Crippen molar-refractivity contribution < 1.29 is 9.18 Å². The van der Waals surface area contributed by atoms with E-state index in [-0.39, 0.29) is 28.9 Å². The van der Waals surface area contributed by atoms with Gasteiger partial charge in [0.2, 0.25) is 0 Å². The molecule has 3 aromatic heterocycles. The molecule has 158 valence electrons. The molecule has 1 aliphatic heterocycles. The first-order chi connectivity index (χ1) is 14.5. The summed E-state index contributed by atoms with van der Waals surface area (Å²) in [6.45, 7) is 1.06. The number of H-pyrrole nitrogens is 1. The number of carbonyl (C=O) groups excluding carboxylic acids is 1. The van der Waals surface area contributed by atoms with E-state index in [0.717, 1.165) is 12.6 Å². The number of nitrogens with one attached hydrogen (secondary N) is 2. The van der Waals surface area contributed by atoms with Gasteiger partial charge in [0.15, 0.2) is 11.5 Å². The van der Waals surface area contributed by atoms with Gasteiger partial charge in [-0.1, -0.05) is 0 Å². The van der Waals surface area contributed by atoms with Gasteiger partial charge in [0, 0.05) is 36.9 Å². The summed E-state index contributed by atoms with van der Waals surface area (Å²) in [4.78, 5) is 33.8. The van der Waals surface area contributed by atoms with E-state index in [0.29, 0.717) is 48.8 Å². The van der Waals surface area contributed by atoms with E-state index in [9.17, 15) is 14.0 Å². The second-order valence-corrected chi connectivity index (χ2v) is 7.44. The number of aromatic amines is 1. The third-order valence-electron chi connectivity index (χ3n) is 5.12. The average molecular weight is 434 g/mol. The molecule has 4 rings (SSSR count). The van der Waals surface area contributed by atoms with Crippen molar-refractivity contribution in [2.24, 2.45) is 0 Å². The van der Waals surface area contributed by atoms with Crippen molar-refractivity contribution in [3.8, 4) is 0 Å². The lowest BCUT2D eigenvalue weighted by molar-refractivity contribution is 0.0956. The molecule has 1 saturated heterocycles. The highest BCUT2D eigenvalue weighted by atomic mass is 35.5. The van der Waals surface area contributed by atoms with Gasteiger partial charge in [0.05, 0.1) is 6.04 Å². The van der Waals surface area contributed by atoms with Gasteiger partial charge in [0.1, 0.15) is 17.2 Å². The monoisotopic (exact) mass is 433 g/mol. The number of amides is 1. The van der Waals surface area contributed by atoms with Crippen LogP contribution in [0.4, 0.5) is 16.0 Å². The number of nitrogen functional groups attached to an aromatic ring is 1. The fraction of sp³-hybridized carbons (Fsp3) is 0.368. The van der Waals surface area contributed by atoms with Crippen molar-refractivity contribution in [3.05, 3.63) is 51.8 Å². The molecular formula is C19H21ClFN7O2. The minimum atomic E-state index is -0.501. The van der Waals surface area contributed by atoms with Crippen LogP contribution in [-0.2, 0) is 0 Å². The molecule has 1 fully saturated rings. The number of nitrogens with zero attached hydrogens (tertiary/aromatic N) is 4. The molecule has 3 aromatic rings. The zero-order valence-corrected chi connectivity index (χ0v) is 16.8. The van der Waals surface area contributed by atoms with Crippen LogP contribution < -0.4 is 21.5 Å². The first kappa shape index (κ1) is 20.1. The zero-order chi connectivity index (χ0) is 21.3. The van der Waals surface area contributed by atoms with E-state index in [1.54, 1.807) is 12.3 Å². The molecule has 4 heterocycles. The number of pyridine rings is 1. The summed E-state index contributed by atoms with van der Waals surface area (Å²) in [5, 5.41) is 6.91. The van der Waals surface area contributed by atoms with E-state index < -0.39 is 5.82 Å². The number of nitrogens with two attached hydrogens (primary N) is 1. The minimum Gasteiger partial charge on any atom is -0.381 e. The molecule has 9 nitrogen and oxygen atoms in total. The van der Waals surface area contributed by atoms with Crippen LogP contribution in [0.3, 0.4) is 0 Å². The molecule has 0 radical (unpaired) electrons. The van der Waals surface area contributed by atoms with E-state index in [1.807, 2.05) is 4.90 Å². The average Bonchev–Trinajstić information content (AvgIpc) is 3.33. The Morgan fingerprint density at radius 3 is 3.10 bits per heavy atom. The standard InChI is InChI=1S/C19H21ClFN7O2/c20-5-2-6-23-19(30)15-16(22)26-28-8-4-14(25-17(15)28)27-7-1-3-13(27)12-9-11(21)10-24-18(12)29/h4,8-10,13H,1-3,5-7H2,(H2,22,26)(H,23,30)(H,24,29). The number of anilines is 2. The maximum Gasteiger partial charge on any atom is 0.258 e. The van der Waals surface area contributed by atoms with Crippen LogP contribution in [0, 0.1) is 5.82 Å². The molecule has 1 unspecified atom stereocenters. The van der Waals surface area contributed by atoms with E-state index in [4.69, 9.17) is 17.3 Å². The number of aromatic nitrogens is 4. The molecule has 4 N–H and O–H groups in total. The van der Waals surface area contributed by atoms with Gasteiger partial charge in [-0.15, -0.1) is 16.7 Å². The predicted octanol–water partition coefficient (Wildman–Crippen LogP) is 1.84. The Morgan fingerprint density at radius 2 is 2.30 bits per heavy atom. The summed E-state index contributed by atoms with van der Waals surface area (Å²) < 4.78 is 15.2. The maximum atomic E-state index is 13.7. The van der Waals surface area contributed by atoms with Gasteiger partial charge >= 0.3 is 0 Å². The van der Waals surface area contributed by atoms with Gasteiger partial charge in [-0.05, 0) is 31.4 Å². The molecule has 0 spiro atoms. The number of hydrogen-bond donors (Lipinski definition) is 3. The summed E-state index contributed by atoms with van der Waals surface area (Å²) >= 11 is 5.66. The number of carbonyl (C=O) groups is 1. The third kappa shape index (κ3) is 3.70. The fourth-order valence-electron chi connectivity index (χ4n) is 3.76. The van der Waals surface area contributed by atoms with Gasteiger partial charge in [0.25, 0.3) is 11.5 Å². The molecule has 1 aliphatic rings. The van der Waals surface area contributed by atoms with Crippen LogP contribution in [0.2, 0.25) is 0 Å². The number of rotatable bonds is 6. The van der Waals surface area contributed by atoms with Crippen LogP contribution in [0.15, 0.2) is 29.3 Å². The Morgan fingerprint density at radius 1 is 1.47 bits per heavy atom. The zero-order valence-electron chi connectivity index (χ0n) is 16.1. The van der Waals surface area contributed by atoms with E-state index >= 15 is 0 Å². The highest BCUT2D eigenvalue weighted by Crippen LogP contribution is 2.34. The molecule has 0 bridgehead atoms. The van der Waals surface area contributed by atoms with Gasteiger partial charge in [-0.2, -0.15) is 0 Å². The molecule has 30 heavy (non-hydrogen) atoms. The van der Waals surface area contributed by atoms with Gasteiger partial charge in [-0.3, -0.25) is 9.59 Å². The van der Waals surface area contributed by atoms with Crippen molar-refractivity contribution in [2.75, 3.05) is 29.6 Å². The Kier molecular flexibility index (Phi) is 5.58. The van der Waals surface area contributed by atoms with Crippen molar-refractivity contribution >= 4 is 34.8 Å². The topological polar surface area (TPSA) is 121 Å². The van der Waals surface area contributed by atoms with Crippen LogP contribution in [0.5, 0.6) is 0 Å². The van der Waals surface area contributed by atoms with E-state index in [1.165, 1.54) is 10.6 Å². The Bertz CT molecular complexity index is 1150. The number of hydrogen-bond acceptors (Lipinski definition) is 6. The summed E-state index contributed by atoms with van der Waals surface area (Å²) in [6.07, 6.45) is 4.84. The molecule has 1 amide bonds. The highest BCUT2D eigenvalue weighted by molar-refractivity contribution is 6.17. The minimum absolute atomic E-state index is 0.0718. The normalized spacial score (nSPS) is 16.3. The van der Waals surface area contributed by atoms with Gasteiger partial charge in [-0.25, -0.2) is 13.9 Å². The lowest BCUT2D eigenvalue weighted by Crippen LogP contribution is -2.29. The van der Waals surface area contributed by atoms with Crippen molar-refractivity contribution in [2.45, 2.75) is 25.3 Å². The molecule has 1 atom stereocenters. The number of halogens is 2. The summed E-state index contributed by atoms with van der Waals surface area (Å²) in [5.74, 6) is 0.185. The third-order valence-corrected chi connectivity index (χ3v) is 5.39. The highest BCUT2D eigenvalue weighted by Gasteiger charge is 2.30. The Labute approximate surface area is 176 Å². The lowest BCUT2D eigenvalue weighted by Gasteiger charge is -2.25. The summed E-state index contributed by atoms with van der Waals surface area (Å²) in [5.41, 5.74) is 6.47. The Balaban J connectivity index is 1.70. The molecule has 0 saturated carbocycles. The Hall–Kier alpha value is -3.14. The molecule has 0 aromatic carbocycles. The molecule has 0 aliphatic carbocycles. The number of fused-ring (bicyclic) bond motifs is 1. The van der Waals surface area contributed by atoms with Crippen molar-refractivity contribution in [1.29, 1.82) is 0 Å². The summed E-state index contributed by atoms with van der Waals surface area (Å²) in [6, 6.07) is 2.67. The predicted molar refractivity (Wildman–Crippen MR) is 111 cm³/mol.